The molecule has 5 N–H and O–H groups in total. The third kappa shape index (κ3) is 11.5. The number of aliphatic hydroxyl groups excluding tert-OH is 2. The van der Waals surface area contributed by atoms with E-state index in [4.69, 9.17) is 0 Å². The Kier molecular flexibility index (Phi) is 13.4. The average molecular weight is 384 g/mol. The molecule has 0 saturated carbocycles. The van der Waals surface area contributed by atoms with Gasteiger partial charge in [0.15, 0.2) is 0 Å². The third-order valence-electron chi connectivity index (χ3n) is 5.30. The highest BCUT2D eigenvalue weighted by molar-refractivity contribution is 4.99. The van der Waals surface area contributed by atoms with E-state index in [2.05, 4.69) is 23.0 Å². The Balaban J connectivity index is 1.97. The fourth-order valence-corrected chi connectivity index (χ4v) is 3.37. The van der Waals surface area contributed by atoms with Gasteiger partial charge in [0.05, 0.1) is 12.1 Å². The van der Waals surface area contributed by atoms with Gasteiger partial charge in [-0.15, -0.1) is 5.10 Å². The summed E-state index contributed by atoms with van der Waals surface area (Å²) in [6, 6.07) is 0. The molecular formula is C21H43N4O2+. The number of hydrogen-bond acceptors (Lipinski definition) is 4. The summed E-state index contributed by atoms with van der Waals surface area (Å²) in [5.74, 6) is 0. The summed E-state index contributed by atoms with van der Waals surface area (Å²) in [5, 5.41) is 26.9. The van der Waals surface area contributed by atoms with Crippen LogP contribution >= 0.6 is 0 Å². The first-order chi connectivity index (χ1) is 13.1. The number of aryl methyl sites for hydroxylation is 1. The lowest BCUT2D eigenvalue weighted by Crippen LogP contribution is -2.77. The number of aromatic nitrogens is 3. The van der Waals surface area contributed by atoms with E-state index in [9.17, 15) is 10.2 Å². The molecule has 0 aromatic carbocycles. The summed E-state index contributed by atoms with van der Waals surface area (Å²) in [6.07, 6.45) is 19.9. The molecule has 1 aromatic heterocycles. The second kappa shape index (κ2) is 15.0. The molecule has 6 nitrogen and oxygen atoms in total. The number of nitrogens with zero attached hydrogens (tertiary/aromatic N) is 3. The monoisotopic (exact) mass is 383 g/mol. The molecule has 0 unspecified atom stereocenters. The molecule has 1 heterocycles. The Labute approximate surface area is 165 Å². The summed E-state index contributed by atoms with van der Waals surface area (Å²) in [7, 11) is 0. The zero-order chi connectivity index (χ0) is 19.8. The minimum Gasteiger partial charge on any atom is -0.390 e. The molecule has 0 saturated heterocycles. The molecule has 158 valence electrons. The maximum Gasteiger partial charge on any atom is 0.147 e. The smallest absolute Gasteiger partial charge is 0.147 e. The summed E-state index contributed by atoms with van der Waals surface area (Å²) in [5.41, 5.74) is 3.89. The number of hydrogen-bond donors (Lipinski definition) is 3. The standard InChI is InChI=1S/C21H42N4O2/c1-2-3-4-5-6-7-8-9-10-11-12-13-14-15-25-17-20(23-24-25)16-21(22,18-26)19-27/h17,26-27H,2-16,18-19,22H2,1H3/p+1. The predicted octanol–water partition coefficient (Wildman–Crippen LogP) is 2.88. The molecule has 0 atom stereocenters. The quantitative estimate of drug-likeness (QED) is 0.339. The van der Waals surface area contributed by atoms with Crippen LogP contribution < -0.4 is 5.73 Å². The summed E-state index contributed by atoms with van der Waals surface area (Å²) < 4.78 is 1.86. The topological polar surface area (TPSA) is 98.8 Å². The van der Waals surface area contributed by atoms with Crippen molar-refractivity contribution in [3.63, 3.8) is 0 Å². The van der Waals surface area contributed by atoms with Crippen LogP contribution in [0.2, 0.25) is 0 Å². The zero-order valence-electron chi connectivity index (χ0n) is 17.5. The maximum atomic E-state index is 9.31. The molecule has 1 rings (SSSR count). The van der Waals surface area contributed by atoms with Crippen molar-refractivity contribution in [3.8, 4) is 0 Å². The van der Waals surface area contributed by atoms with Gasteiger partial charge in [-0.2, -0.15) is 0 Å². The largest absolute Gasteiger partial charge is 0.390 e. The highest BCUT2D eigenvalue weighted by Crippen LogP contribution is 2.13. The molecule has 1 aromatic rings. The molecule has 0 amide bonds. The lowest BCUT2D eigenvalue weighted by atomic mass is 9.97. The first kappa shape index (κ1) is 24.1. The van der Waals surface area contributed by atoms with E-state index in [0.717, 1.165) is 18.7 Å². The van der Waals surface area contributed by atoms with Crippen molar-refractivity contribution < 1.29 is 15.9 Å². The summed E-state index contributed by atoms with van der Waals surface area (Å²) >= 11 is 0. The fraction of sp³-hybridized carbons (Fsp3) is 0.905. The van der Waals surface area contributed by atoms with Crippen molar-refractivity contribution in [2.75, 3.05) is 13.2 Å². The number of unbranched alkanes of at least 4 members (excludes halogenated alkanes) is 12. The molecule has 0 fully saturated rings. The minimum absolute atomic E-state index is 0.158. The molecular weight excluding hydrogens is 340 g/mol. The van der Waals surface area contributed by atoms with E-state index in [1.807, 2.05) is 10.9 Å². The van der Waals surface area contributed by atoms with Crippen molar-refractivity contribution >= 4 is 0 Å². The first-order valence-electron chi connectivity index (χ1n) is 11.1. The molecule has 0 spiro atoms. The van der Waals surface area contributed by atoms with Gasteiger partial charge in [-0.05, 0) is 6.42 Å². The van der Waals surface area contributed by atoms with Gasteiger partial charge in [-0.1, -0.05) is 89.2 Å². The Morgan fingerprint density at radius 1 is 0.852 bits per heavy atom. The molecule has 0 aliphatic carbocycles. The van der Waals surface area contributed by atoms with Crippen LogP contribution in [0.1, 0.15) is 96.1 Å². The minimum atomic E-state index is -0.767. The third-order valence-corrected chi connectivity index (χ3v) is 5.30. The van der Waals surface area contributed by atoms with Crippen LogP contribution in [0.3, 0.4) is 0 Å². The van der Waals surface area contributed by atoms with Crippen LogP contribution in [0.4, 0.5) is 0 Å². The molecule has 0 aliphatic rings. The second-order valence-electron chi connectivity index (χ2n) is 8.21. The predicted molar refractivity (Wildman–Crippen MR) is 109 cm³/mol. The van der Waals surface area contributed by atoms with Crippen molar-refractivity contribution in [3.05, 3.63) is 11.9 Å². The lowest BCUT2D eigenvalue weighted by molar-refractivity contribution is -0.489. The van der Waals surface area contributed by atoms with Gasteiger partial charge in [0.2, 0.25) is 0 Å². The number of aliphatic hydroxyl groups is 2. The van der Waals surface area contributed by atoms with Crippen LogP contribution in [0.5, 0.6) is 0 Å². The van der Waals surface area contributed by atoms with E-state index in [0.29, 0.717) is 6.42 Å². The maximum absolute atomic E-state index is 9.31. The molecule has 0 aliphatic heterocycles. The number of rotatable bonds is 18. The van der Waals surface area contributed by atoms with Crippen molar-refractivity contribution in [1.82, 2.24) is 15.0 Å². The van der Waals surface area contributed by atoms with Crippen LogP contribution in [0.25, 0.3) is 0 Å². The van der Waals surface area contributed by atoms with E-state index in [1.54, 1.807) is 0 Å². The van der Waals surface area contributed by atoms with Crippen LogP contribution in [-0.4, -0.2) is 44.0 Å². The fourth-order valence-electron chi connectivity index (χ4n) is 3.37. The SMILES string of the molecule is CCCCCCCCCCCCCCCn1cc(CC([NH3+])(CO)CO)nn1. The van der Waals surface area contributed by atoms with E-state index in [-0.39, 0.29) is 13.2 Å². The van der Waals surface area contributed by atoms with Gasteiger partial charge in [0, 0.05) is 12.7 Å². The Morgan fingerprint density at radius 3 is 1.81 bits per heavy atom. The average Bonchev–Trinajstić information content (AvgIpc) is 3.12. The van der Waals surface area contributed by atoms with Gasteiger partial charge >= 0.3 is 0 Å². The molecule has 6 heteroatoms. The number of quaternary nitrogens is 1. The molecule has 0 bridgehead atoms. The second-order valence-corrected chi connectivity index (χ2v) is 8.21. The van der Waals surface area contributed by atoms with E-state index < -0.39 is 5.54 Å². The highest BCUT2D eigenvalue weighted by atomic mass is 16.3. The Morgan fingerprint density at radius 2 is 1.33 bits per heavy atom. The lowest BCUT2D eigenvalue weighted by Gasteiger charge is -2.18. The van der Waals surface area contributed by atoms with Gasteiger partial charge in [0.25, 0.3) is 0 Å². The Hall–Kier alpha value is -0.980. The van der Waals surface area contributed by atoms with Gasteiger partial charge in [-0.25, -0.2) is 0 Å². The van der Waals surface area contributed by atoms with Crippen molar-refractivity contribution in [2.24, 2.45) is 0 Å². The highest BCUT2D eigenvalue weighted by Gasteiger charge is 2.29. The normalized spacial score (nSPS) is 12.0. The Bertz CT molecular complexity index is 461. The first-order valence-corrected chi connectivity index (χ1v) is 11.1. The summed E-state index contributed by atoms with van der Waals surface area (Å²) in [6.45, 7) is 2.84. The van der Waals surface area contributed by atoms with Gasteiger partial charge < -0.3 is 15.9 Å². The van der Waals surface area contributed by atoms with E-state index >= 15 is 0 Å². The molecule has 0 radical (unpaired) electrons. The van der Waals surface area contributed by atoms with Gasteiger partial charge in [-0.3, -0.25) is 4.68 Å². The van der Waals surface area contributed by atoms with Crippen LogP contribution in [-0.2, 0) is 13.0 Å². The van der Waals surface area contributed by atoms with E-state index in [1.165, 1.54) is 77.0 Å². The summed E-state index contributed by atoms with van der Waals surface area (Å²) in [4.78, 5) is 0. The van der Waals surface area contributed by atoms with Crippen molar-refractivity contribution in [1.29, 1.82) is 0 Å². The zero-order valence-corrected chi connectivity index (χ0v) is 17.5. The van der Waals surface area contributed by atoms with Crippen LogP contribution in [0, 0.1) is 0 Å². The van der Waals surface area contributed by atoms with Crippen LogP contribution in [0.15, 0.2) is 6.20 Å². The van der Waals surface area contributed by atoms with Gasteiger partial charge in [0.1, 0.15) is 18.8 Å². The molecule has 27 heavy (non-hydrogen) atoms. The van der Waals surface area contributed by atoms with Crippen molar-refractivity contribution in [2.45, 2.75) is 109 Å².